The van der Waals surface area contributed by atoms with Crippen LogP contribution in [-0.4, -0.2) is 88.9 Å². The Morgan fingerprint density at radius 1 is 1.03 bits per heavy atom. The third-order valence-electron chi connectivity index (χ3n) is 4.82. The summed E-state index contributed by atoms with van der Waals surface area (Å²) in [4.78, 5) is 9.63. The molecule has 1 aromatic rings. The number of ether oxygens (including phenoxy) is 2. The van der Waals surface area contributed by atoms with Crippen molar-refractivity contribution >= 4 is 29.9 Å². The van der Waals surface area contributed by atoms with Crippen LogP contribution in [0.5, 0.6) is 11.5 Å². The lowest BCUT2D eigenvalue weighted by molar-refractivity contribution is 0.152. The number of aliphatic imine (C=N–C) groups is 1. The van der Waals surface area contributed by atoms with E-state index in [1.165, 1.54) is 39.1 Å². The van der Waals surface area contributed by atoms with Crippen molar-refractivity contribution in [2.75, 3.05) is 73.1 Å². The molecule has 1 aliphatic heterocycles. The molecule has 0 radical (unpaired) electrons. The van der Waals surface area contributed by atoms with Gasteiger partial charge in [0, 0.05) is 39.3 Å². The summed E-state index contributed by atoms with van der Waals surface area (Å²) in [6.45, 7) is 11.0. The molecule has 1 aliphatic rings. The molecule has 0 aromatic heterocycles. The zero-order valence-electron chi connectivity index (χ0n) is 18.2. The number of rotatable bonds is 11. The fourth-order valence-corrected chi connectivity index (χ4v) is 3.06. The Labute approximate surface area is 193 Å². The molecule has 2 N–H and O–H groups in total. The number of likely N-dealkylation sites (N-methyl/N-ethyl adjacent to an activating group) is 1. The first-order valence-electron chi connectivity index (χ1n) is 10.4. The van der Waals surface area contributed by atoms with Crippen molar-refractivity contribution in [1.29, 1.82) is 0 Å². The maximum absolute atomic E-state index is 5.74. The minimum atomic E-state index is 0. The largest absolute Gasteiger partial charge is 0.497 e. The molecule has 166 valence electrons. The topological polar surface area (TPSA) is 61.4 Å². The van der Waals surface area contributed by atoms with Crippen LogP contribution in [0.2, 0.25) is 0 Å². The maximum Gasteiger partial charge on any atom is 0.191 e. The zero-order chi connectivity index (χ0) is 20.0. The van der Waals surface area contributed by atoms with Crippen LogP contribution >= 0.6 is 24.0 Å². The van der Waals surface area contributed by atoms with Crippen molar-refractivity contribution in [2.45, 2.75) is 19.8 Å². The molecule has 0 amide bonds. The average molecular weight is 519 g/mol. The lowest BCUT2D eigenvalue weighted by atomic mass is 10.2. The van der Waals surface area contributed by atoms with Gasteiger partial charge in [-0.2, -0.15) is 0 Å². The van der Waals surface area contributed by atoms with Gasteiger partial charge in [-0.05, 0) is 57.6 Å². The Hall–Kier alpha value is -1.26. The number of nitrogens with one attached hydrogen (secondary N) is 2. The predicted octanol–water partition coefficient (Wildman–Crippen LogP) is 2.27. The van der Waals surface area contributed by atoms with E-state index in [2.05, 4.69) is 39.4 Å². The third-order valence-corrected chi connectivity index (χ3v) is 4.82. The molecule has 0 aliphatic carbocycles. The molecule has 2 rings (SSSR count). The maximum atomic E-state index is 5.74. The molecule has 1 fully saturated rings. The average Bonchev–Trinajstić information content (AvgIpc) is 2.72. The highest BCUT2D eigenvalue weighted by atomic mass is 127. The van der Waals surface area contributed by atoms with Crippen LogP contribution in [0, 0.1) is 0 Å². The summed E-state index contributed by atoms with van der Waals surface area (Å²) >= 11 is 0. The monoisotopic (exact) mass is 519 g/mol. The fourth-order valence-electron chi connectivity index (χ4n) is 3.06. The van der Waals surface area contributed by atoms with Gasteiger partial charge in [-0.25, -0.2) is 0 Å². The molecule has 29 heavy (non-hydrogen) atoms. The summed E-state index contributed by atoms with van der Waals surface area (Å²) in [6.07, 6.45) is 2.32. The van der Waals surface area contributed by atoms with Crippen molar-refractivity contribution in [1.82, 2.24) is 20.4 Å². The number of methoxy groups -OCH3 is 1. The number of guanidine groups is 1. The minimum absolute atomic E-state index is 0. The van der Waals surface area contributed by atoms with Gasteiger partial charge in [0.2, 0.25) is 0 Å². The summed E-state index contributed by atoms with van der Waals surface area (Å²) in [7, 11) is 3.86. The van der Waals surface area contributed by atoms with Gasteiger partial charge in [-0.3, -0.25) is 4.99 Å². The van der Waals surface area contributed by atoms with E-state index in [-0.39, 0.29) is 24.0 Å². The number of hydrogen-bond donors (Lipinski definition) is 2. The highest BCUT2D eigenvalue weighted by Gasteiger charge is 2.12. The van der Waals surface area contributed by atoms with Crippen molar-refractivity contribution in [3.05, 3.63) is 24.3 Å². The van der Waals surface area contributed by atoms with E-state index in [1.54, 1.807) is 7.11 Å². The smallest absolute Gasteiger partial charge is 0.191 e. The number of hydrogen-bond acceptors (Lipinski definition) is 5. The molecule has 1 aromatic carbocycles. The number of piperazine rings is 1. The first kappa shape index (κ1) is 25.8. The second-order valence-corrected chi connectivity index (χ2v) is 7.06. The lowest BCUT2D eigenvalue weighted by Crippen LogP contribution is -2.44. The standard InChI is InChI=1S/C21H37N5O2.HI/c1-4-22-21(23-11-5-6-13-26-16-14-25(2)15-17-26)24-12-18-28-20-9-7-19(27-3)8-10-20;/h7-10H,4-6,11-18H2,1-3H3,(H2,22,23,24);1H. The van der Waals surface area contributed by atoms with Crippen molar-refractivity contribution in [2.24, 2.45) is 4.99 Å². The van der Waals surface area contributed by atoms with Gasteiger partial charge in [0.05, 0.1) is 13.7 Å². The van der Waals surface area contributed by atoms with Crippen LogP contribution in [0.4, 0.5) is 0 Å². The summed E-state index contributed by atoms with van der Waals surface area (Å²) in [5.41, 5.74) is 0. The Morgan fingerprint density at radius 3 is 2.38 bits per heavy atom. The molecule has 8 heteroatoms. The SMILES string of the molecule is CCNC(=NCCCCN1CCN(C)CC1)NCCOc1ccc(OC)cc1.I. The quantitative estimate of drug-likeness (QED) is 0.203. The molecule has 1 saturated heterocycles. The summed E-state index contributed by atoms with van der Waals surface area (Å²) < 4.78 is 10.9. The number of benzene rings is 1. The Morgan fingerprint density at radius 2 is 1.72 bits per heavy atom. The highest BCUT2D eigenvalue weighted by Crippen LogP contribution is 2.16. The summed E-state index contributed by atoms with van der Waals surface area (Å²) in [5.74, 6) is 2.54. The van der Waals surface area contributed by atoms with E-state index >= 15 is 0 Å². The number of halogens is 1. The Kier molecular flexibility index (Phi) is 13.8. The van der Waals surface area contributed by atoms with Crippen LogP contribution in [-0.2, 0) is 0 Å². The second kappa shape index (κ2) is 15.6. The first-order valence-corrected chi connectivity index (χ1v) is 10.4. The van der Waals surface area contributed by atoms with Gasteiger partial charge in [-0.1, -0.05) is 0 Å². The van der Waals surface area contributed by atoms with Gasteiger partial charge >= 0.3 is 0 Å². The van der Waals surface area contributed by atoms with Crippen LogP contribution in [0.1, 0.15) is 19.8 Å². The number of unbranched alkanes of at least 4 members (excludes halogenated alkanes) is 1. The van der Waals surface area contributed by atoms with Gasteiger partial charge in [0.25, 0.3) is 0 Å². The molecular formula is C21H38IN5O2. The molecule has 0 saturated carbocycles. The molecule has 0 spiro atoms. The van der Waals surface area contributed by atoms with E-state index < -0.39 is 0 Å². The highest BCUT2D eigenvalue weighted by molar-refractivity contribution is 14.0. The van der Waals surface area contributed by atoms with E-state index in [1.807, 2.05) is 24.3 Å². The molecule has 0 unspecified atom stereocenters. The van der Waals surface area contributed by atoms with Gasteiger partial charge in [-0.15, -0.1) is 24.0 Å². The van der Waals surface area contributed by atoms with Crippen LogP contribution < -0.4 is 20.1 Å². The molecule has 0 atom stereocenters. The molecule has 7 nitrogen and oxygen atoms in total. The molecule has 0 bridgehead atoms. The van der Waals surface area contributed by atoms with E-state index in [0.717, 1.165) is 37.0 Å². The summed E-state index contributed by atoms with van der Waals surface area (Å²) in [5, 5.41) is 6.62. The molecular weight excluding hydrogens is 481 g/mol. The van der Waals surface area contributed by atoms with E-state index in [0.29, 0.717) is 13.2 Å². The lowest BCUT2D eigenvalue weighted by Gasteiger charge is -2.32. The predicted molar refractivity (Wildman–Crippen MR) is 131 cm³/mol. The minimum Gasteiger partial charge on any atom is -0.497 e. The fraction of sp³-hybridized carbons (Fsp3) is 0.667. The van der Waals surface area contributed by atoms with Gasteiger partial charge in [0.15, 0.2) is 5.96 Å². The van der Waals surface area contributed by atoms with Gasteiger partial charge in [0.1, 0.15) is 18.1 Å². The van der Waals surface area contributed by atoms with Crippen LogP contribution in [0.3, 0.4) is 0 Å². The third kappa shape index (κ3) is 10.9. The van der Waals surface area contributed by atoms with Crippen molar-refractivity contribution in [3.8, 4) is 11.5 Å². The number of nitrogens with zero attached hydrogens (tertiary/aromatic N) is 3. The normalized spacial score (nSPS) is 15.5. The van der Waals surface area contributed by atoms with Crippen molar-refractivity contribution in [3.63, 3.8) is 0 Å². The van der Waals surface area contributed by atoms with Crippen molar-refractivity contribution < 1.29 is 9.47 Å². The zero-order valence-corrected chi connectivity index (χ0v) is 20.5. The van der Waals surface area contributed by atoms with Gasteiger partial charge < -0.3 is 29.9 Å². The van der Waals surface area contributed by atoms with E-state index in [9.17, 15) is 0 Å². The van der Waals surface area contributed by atoms with Crippen LogP contribution in [0.15, 0.2) is 29.3 Å². The summed E-state index contributed by atoms with van der Waals surface area (Å²) in [6, 6.07) is 7.63. The Balaban J connectivity index is 0.00000420. The Bertz CT molecular complexity index is 563. The first-order chi connectivity index (χ1) is 13.7. The van der Waals surface area contributed by atoms with Crippen LogP contribution in [0.25, 0.3) is 0 Å². The van der Waals surface area contributed by atoms with E-state index in [4.69, 9.17) is 9.47 Å². The molecule has 1 heterocycles. The second-order valence-electron chi connectivity index (χ2n) is 7.06.